The Morgan fingerprint density at radius 1 is 0.962 bits per heavy atom. The first-order chi connectivity index (χ1) is 12.3. The number of ether oxygens (including phenoxy) is 1. The summed E-state index contributed by atoms with van der Waals surface area (Å²) >= 11 is 0. The van der Waals surface area contributed by atoms with E-state index in [1.807, 2.05) is 64.1 Å². The van der Waals surface area contributed by atoms with Gasteiger partial charge in [-0.3, -0.25) is 9.59 Å². The normalized spacial score (nSPS) is 10.3. The Balaban J connectivity index is 1.86. The molecule has 2 aromatic carbocycles. The Morgan fingerprint density at radius 2 is 1.65 bits per heavy atom. The van der Waals surface area contributed by atoms with Gasteiger partial charge in [0.05, 0.1) is 6.54 Å². The van der Waals surface area contributed by atoms with Crippen molar-refractivity contribution >= 4 is 17.5 Å². The van der Waals surface area contributed by atoms with Gasteiger partial charge in [0, 0.05) is 12.7 Å². The zero-order valence-electron chi connectivity index (χ0n) is 16.1. The van der Waals surface area contributed by atoms with Crippen molar-refractivity contribution in [2.45, 2.75) is 27.7 Å². The Morgan fingerprint density at radius 3 is 2.35 bits per heavy atom. The second kappa shape index (κ2) is 8.52. The zero-order chi connectivity index (χ0) is 19.3. The molecule has 5 nitrogen and oxygen atoms in total. The van der Waals surface area contributed by atoms with Crippen LogP contribution in [0.2, 0.25) is 0 Å². The quantitative estimate of drug-likeness (QED) is 0.865. The van der Waals surface area contributed by atoms with Crippen LogP contribution in [0.3, 0.4) is 0 Å². The van der Waals surface area contributed by atoms with Gasteiger partial charge in [-0.05, 0) is 68.1 Å². The smallest absolute Gasteiger partial charge is 0.260 e. The van der Waals surface area contributed by atoms with Crippen molar-refractivity contribution in [2.24, 2.45) is 0 Å². The number of aryl methyl sites for hydroxylation is 4. The van der Waals surface area contributed by atoms with E-state index in [1.165, 1.54) is 10.5 Å². The Kier molecular flexibility index (Phi) is 6.39. The Labute approximate surface area is 155 Å². The van der Waals surface area contributed by atoms with Gasteiger partial charge in [0.15, 0.2) is 6.61 Å². The first-order valence-corrected chi connectivity index (χ1v) is 8.57. The molecule has 0 bridgehead atoms. The molecular formula is C21H26N2O3. The van der Waals surface area contributed by atoms with Crippen LogP contribution in [0.25, 0.3) is 0 Å². The fourth-order valence-electron chi connectivity index (χ4n) is 2.42. The summed E-state index contributed by atoms with van der Waals surface area (Å²) in [4.78, 5) is 25.8. The van der Waals surface area contributed by atoms with Crippen molar-refractivity contribution in [3.8, 4) is 5.75 Å². The van der Waals surface area contributed by atoms with Crippen molar-refractivity contribution in [2.75, 3.05) is 25.5 Å². The topological polar surface area (TPSA) is 58.6 Å². The van der Waals surface area contributed by atoms with Crippen molar-refractivity contribution in [1.82, 2.24) is 4.90 Å². The Bertz CT molecular complexity index is 815. The highest BCUT2D eigenvalue weighted by atomic mass is 16.5. The molecule has 0 saturated heterocycles. The summed E-state index contributed by atoms with van der Waals surface area (Å²) in [6.07, 6.45) is 0. The molecule has 0 unspecified atom stereocenters. The summed E-state index contributed by atoms with van der Waals surface area (Å²) in [6.45, 7) is 7.79. The predicted octanol–water partition coefficient (Wildman–Crippen LogP) is 3.40. The number of anilines is 1. The summed E-state index contributed by atoms with van der Waals surface area (Å²) in [7, 11) is 1.59. The molecule has 0 aliphatic rings. The minimum absolute atomic E-state index is 0.0253. The van der Waals surface area contributed by atoms with E-state index >= 15 is 0 Å². The van der Waals surface area contributed by atoms with Gasteiger partial charge in [-0.25, -0.2) is 0 Å². The van der Waals surface area contributed by atoms with Crippen LogP contribution in [-0.4, -0.2) is 36.9 Å². The second-order valence-corrected chi connectivity index (χ2v) is 6.65. The van der Waals surface area contributed by atoms with E-state index in [2.05, 4.69) is 5.32 Å². The van der Waals surface area contributed by atoms with Crippen LogP contribution in [0.5, 0.6) is 5.75 Å². The average Bonchev–Trinajstić information content (AvgIpc) is 2.58. The van der Waals surface area contributed by atoms with Gasteiger partial charge in [0.25, 0.3) is 5.91 Å². The molecule has 2 amide bonds. The molecule has 0 aliphatic carbocycles. The number of nitrogens with one attached hydrogen (secondary N) is 1. The summed E-state index contributed by atoms with van der Waals surface area (Å²) in [5.74, 6) is 0.162. The lowest BCUT2D eigenvalue weighted by Crippen LogP contribution is -2.37. The molecule has 0 atom stereocenters. The molecular weight excluding hydrogens is 328 g/mol. The summed E-state index contributed by atoms with van der Waals surface area (Å²) < 4.78 is 5.54. The maximum Gasteiger partial charge on any atom is 0.260 e. The van der Waals surface area contributed by atoms with Gasteiger partial charge < -0.3 is 15.0 Å². The largest absolute Gasteiger partial charge is 0.484 e. The minimum atomic E-state index is -0.251. The lowest BCUT2D eigenvalue weighted by molar-refractivity contribution is -0.135. The highest BCUT2D eigenvalue weighted by Gasteiger charge is 2.14. The lowest BCUT2D eigenvalue weighted by atomic mass is 10.1. The van der Waals surface area contributed by atoms with E-state index in [1.54, 1.807) is 7.05 Å². The third kappa shape index (κ3) is 5.34. The van der Waals surface area contributed by atoms with Crippen LogP contribution >= 0.6 is 0 Å². The number of hydrogen-bond donors (Lipinski definition) is 1. The van der Waals surface area contributed by atoms with Crippen LogP contribution in [0.4, 0.5) is 5.69 Å². The monoisotopic (exact) mass is 354 g/mol. The molecule has 5 heteroatoms. The van der Waals surface area contributed by atoms with E-state index in [4.69, 9.17) is 4.74 Å². The maximum atomic E-state index is 12.2. The lowest BCUT2D eigenvalue weighted by Gasteiger charge is -2.18. The third-order valence-corrected chi connectivity index (χ3v) is 4.31. The first-order valence-electron chi connectivity index (χ1n) is 8.57. The highest BCUT2D eigenvalue weighted by Crippen LogP contribution is 2.17. The van der Waals surface area contributed by atoms with Crippen LogP contribution in [0.1, 0.15) is 22.3 Å². The molecule has 1 N–H and O–H groups in total. The van der Waals surface area contributed by atoms with Crippen molar-refractivity contribution in [3.63, 3.8) is 0 Å². The van der Waals surface area contributed by atoms with Gasteiger partial charge in [-0.15, -0.1) is 0 Å². The number of amides is 2. The Hall–Kier alpha value is -2.82. The number of likely N-dealkylation sites (N-methyl/N-ethyl adjacent to an activating group) is 1. The summed E-state index contributed by atoms with van der Waals surface area (Å²) in [5.41, 5.74) is 5.09. The van der Waals surface area contributed by atoms with Crippen molar-refractivity contribution < 1.29 is 14.3 Å². The molecule has 26 heavy (non-hydrogen) atoms. The SMILES string of the molecule is Cc1ccc(C)c(NC(=O)CN(C)C(=O)COc2ccc(C)c(C)c2)c1. The van der Waals surface area contributed by atoms with Gasteiger partial charge in [-0.2, -0.15) is 0 Å². The zero-order valence-corrected chi connectivity index (χ0v) is 16.1. The van der Waals surface area contributed by atoms with Gasteiger partial charge in [0.2, 0.25) is 5.91 Å². The summed E-state index contributed by atoms with van der Waals surface area (Å²) in [5, 5.41) is 2.85. The van der Waals surface area contributed by atoms with Crippen LogP contribution in [-0.2, 0) is 9.59 Å². The first kappa shape index (κ1) is 19.5. The van der Waals surface area contributed by atoms with Crippen LogP contribution in [0, 0.1) is 27.7 Å². The maximum absolute atomic E-state index is 12.2. The van der Waals surface area contributed by atoms with Crippen molar-refractivity contribution in [3.05, 3.63) is 58.7 Å². The molecule has 2 aromatic rings. The van der Waals surface area contributed by atoms with E-state index in [0.717, 1.165) is 22.4 Å². The fraction of sp³-hybridized carbons (Fsp3) is 0.333. The van der Waals surface area contributed by atoms with Gasteiger partial charge >= 0.3 is 0 Å². The molecule has 0 spiro atoms. The minimum Gasteiger partial charge on any atom is -0.484 e. The molecule has 0 fully saturated rings. The number of benzene rings is 2. The number of carbonyl (C=O) groups is 2. The third-order valence-electron chi connectivity index (χ3n) is 4.31. The fourth-order valence-corrected chi connectivity index (χ4v) is 2.42. The van der Waals surface area contributed by atoms with E-state index in [-0.39, 0.29) is 25.0 Å². The van der Waals surface area contributed by atoms with Crippen LogP contribution in [0.15, 0.2) is 36.4 Å². The molecule has 0 aromatic heterocycles. The molecule has 2 rings (SSSR count). The summed E-state index contributed by atoms with van der Waals surface area (Å²) in [6, 6.07) is 11.6. The number of rotatable bonds is 6. The second-order valence-electron chi connectivity index (χ2n) is 6.65. The van der Waals surface area contributed by atoms with Crippen molar-refractivity contribution in [1.29, 1.82) is 0 Å². The molecule has 0 aliphatic heterocycles. The molecule has 0 heterocycles. The van der Waals surface area contributed by atoms with E-state index in [9.17, 15) is 9.59 Å². The molecule has 0 saturated carbocycles. The van der Waals surface area contributed by atoms with Gasteiger partial charge in [0.1, 0.15) is 5.75 Å². The molecule has 0 radical (unpaired) electrons. The predicted molar refractivity (Wildman–Crippen MR) is 104 cm³/mol. The average molecular weight is 354 g/mol. The van der Waals surface area contributed by atoms with E-state index < -0.39 is 0 Å². The standard InChI is InChI=1S/C21H26N2O3/c1-14-6-7-16(3)19(10-14)22-20(24)12-23(5)21(25)13-26-18-9-8-15(2)17(4)11-18/h6-11H,12-13H2,1-5H3,(H,22,24). The highest BCUT2D eigenvalue weighted by molar-refractivity contribution is 5.95. The number of carbonyl (C=O) groups excluding carboxylic acids is 2. The van der Waals surface area contributed by atoms with Crippen LogP contribution < -0.4 is 10.1 Å². The van der Waals surface area contributed by atoms with Gasteiger partial charge in [-0.1, -0.05) is 18.2 Å². The number of nitrogens with zero attached hydrogens (tertiary/aromatic N) is 1. The number of hydrogen-bond acceptors (Lipinski definition) is 3. The molecule has 138 valence electrons. The van der Waals surface area contributed by atoms with E-state index in [0.29, 0.717) is 5.75 Å².